The van der Waals surface area contributed by atoms with Crippen molar-refractivity contribution < 1.29 is 0 Å². The van der Waals surface area contributed by atoms with Crippen LogP contribution in [-0.4, -0.2) is 27.9 Å². The molecule has 0 saturated carbocycles. The summed E-state index contributed by atoms with van der Waals surface area (Å²) in [6, 6.07) is 0. The maximum absolute atomic E-state index is 5.17. The first-order chi connectivity index (χ1) is 6.83. The van der Waals surface area contributed by atoms with Crippen molar-refractivity contribution in [3.05, 3.63) is 10.6 Å². The Balaban J connectivity index is 2.25. The molecule has 0 spiro atoms. The Morgan fingerprint density at radius 3 is 2.86 bits per heavy atom. The fraction of sp³-hybridized carbons (Fsp3) is 0.778. The Morgan fingerprint density at radius 2 is 2.21 bits per heavy atom. The molecule has 4 nitrogen and oxygen atoms in total. The summed E-state index contributed by atoms with van der Waals surface area (Å²) >= 11 is 5.17. The molecule has 1 aromatic heterocycles. The van der Waals surface area contributed by atoms with E-state index in [-0.39, 0.29) is 0 Å². The number of hydrogen-bond acceptors (Lipinski definition) is 3. The lowest BCUT2D eigenvalue weighted by Gasteiger charge is -2.21. The standard InChI is InChI=1S/C9H16N4S/c1-2-13-8(11-12-9(13)14)7-3-5-10-6-4-7/h7,10H,2-6H2,1H3,(H,12,14). The van der Waals surface area contributed by atoms with Gasteiger partial charge in [0.15, 0.2) is 4.77 Å². The minimum atomic E-state index is 0.573. The number of piperidine rings is 1. The summed E-state index contributed by atoms with van der Waals surface area (Å²) in [5.74, 6) is 1.71. The average molecular weight is 212 g/mol. The van der Waals surface area contributed by atoms with Crippen molar-refractivity contribution in [2.24, 2.45) is 0 Å². The number of aromatic nitrogens is 3. The lowest BCUT2D eigenvalue weighted by Crippen LogP contribution is -2.28. The van der Waals surface area contributed by atoms with Crippen LogP contribution in [0.4, 0.5) is 0 Å². The minimum Gasteiger partial charge on any atom is -0.317 e. The Labute approximate surface area is 88.7 Å². The number of H-pyrrole nitrogens is 1. The van der Waals surface area contributed by atoms with Crippen LogP contribution in [0.1, 0.15) is 31.5 Å². The zero-order valence-electron chi connectivity index (χ0n) is 8.42. The highest BCUT2D eigenvalue weighted by Crippen LogP contribution is 2.23. The van der Waals surface area contributed by atoms with Gasteiger partial charge < -0.3 is 9.88 Å². The smallest absolute Gasteiger partial charge is 0.195 e. The van der Waals surface area contributed by atoms with Crippen molar-refractivity contribution in [3.63, 3.8) is 0 Å². The predicted octanol–water partition coefficient (Wildman–Crippen LogP) is 1.43. The van der Waals surface area contributed by atoms with Gasteiger partial charge in [0, 0.05) is 12.5 Å². The van der Waals surface area contributed by atoms with Crippen LogP contribution in [-0.2, 0) is 6.54 Å². The first-order valence-electron chi connectivity index (χ1n) is 5.18. The van der Waals surface area contributed by atoms with Gasteiger partial charge in [-0.3, -0.25) is 5.10 Å². The van der Waals surface area contributed by atoms with Crippen LogP contribution in [0.15, 0.2) is 0 Å². The topological polar surface area (TPSA) is 45.6 Å². The molecule has 0 amide bonds. The Bertz CT molecular complexity index is 348. The Morgan fingerprint density at radius 1 is 1.50 bits per heavy atom. The fourth-order valence-electron chi connectivity index (χ4n) is 2.03. The van der Waals surface area contributed by atoms with Gasteiger partial charge in [0.25, 0.3) is 0 Å². The minimum absolute atomic E-state index is 0.573. The monoisotopic (exact) mass is 212 g/mol. The average Bonchev–Trinajstić information content (AvgIpc) is 2.61. The number of rotatable bonds is 2. The number of nitrogens with zero attached hydrogens (tertiary/aromatic N) is 2. The largest absolute Gasteiger partial charge is 0.317 e. The summed E-state index contributed by atoms with van der Waals surface area (Å²) in [7, 11) is 0. The van der Waals surface area contributed by atoms with Gasteiger partial charge in [-0.2, -0.15) is 5.10 Å². The van der Waals surface area contributed by atoms with Crippen molar-refractivity contribution in [2.75, 3.05) is 13.1 Å². The van der Waals surface area contributed by atoms with E-state index in [1.807, 2.05) is 0 Å². The molecule has 0 atom stereocenters. The van der Waals surface area contributed by atoms with E-state index in [1.54, 1.807) is 0 Å². The van der Waals surface area contributed by atoms with E-state index in [0.29, 0.717) is 5.92 Å². The third kappa shape index (κ3) is 1.74. The first-order valence-corrected chi connectivity index (χ1v) is 5.59. The van der Waals surface area contributed by atoms with Gasteiger partial charge in [0.2, 0.25) is 0 Å². The quantitative estimate of drug-likeness (QED) is 0.729. The normalized spacial score (nSPS) is 18.6. The summed E-state index contributed by atoms with van der Waals surface area (Å²) in [6.07, 6.45) is 2.33. The molecule has 0 bridgehead atoms. The second-order valence-electron chi connectivity index (χ2n) is 3.66. The predicted molar refractivity (Wildman–Crippen MR) is 57.9 cm³/mol. The summed E-state index contributed by atoms with van der Waals surface area (Å²) in [5.41, 5.74) is 0. The molecule has 5 heteroatoms. The van der Waals surface area contributed by atoms with Gasteiger partial charge in [-0.15, -0.1) is 0 Å². The molecule has 78 valence electrons. The molecule has 2 heterocycles. The van der Waals surface area contributed by atoms with Crippen molar-refractivity contribution in [1.82, 2.24) is 20.1 Å². The lowest BCUT2D eigenvalue weighted by molar-refractivity contribution is 0.431. The van der Waals surface area contributed by atoms with E-state index < -0.39 is 0 Å². The van der Waals surface area contributed by atoms with Gasteiger partial charge in [-0.05, 0) is 45.1 Å². The molecule has 0 aliphatic carbocycles. The molecule has 0 aromatic carbocycles. The van der Waals surface area contributed by atoms with E-state index in [1.165, 1.54) is 12.8 Å². The molecule has 1 aromatic rings. The van der Waals surface area contributed by atoms with Crippen LogP contribution in [0, 0.1) is 4.77 Å². The van der Waals surface area contributed by atoms with Crippen LogP contribution in [0.25, 0.3) is 0 Å². The molecule has 0 unspecified atom stereocenters. The second-order valence-corrected chi connectivity index (χ2v) is 4.04. The maximum atomic E-state index is 5.17. The lowest BCUT2D eigenvalue weighted by atomic mass is 9.97. The van der Waals surface area contributed by atoms with Crippen molar-refractivity contribution >= 4 is 12.2 Å². The highest BCUT2D eigenvalue weighted by atomic mass is 32.1. The van der Waals surface area contributed by atoms with Crippen molar-refractivity contribution in [2.45, 2.75) is 32.2 Å². The summed E-state index contributed by atoms with van der Waals surface area (Å²) in [4.78, 5) is 0. The van der Waals surface area contributed by atoms with Crippen LogP contribution >= 0.6 is 12.2 Å². The Hall–Kier alpha value is -0.680. The van der Waals surface area contributed by atoms with Crippen LogP contribution in [0.2, 0.25) is 0 Å². The second kappa shape index (κ2) is 4.23. The summed E-state index contributed by atoms with van der Waals surface area (Å²) in [6.45, 7) is 5.20. The molecule has 0 radical (unpaired) electrons. The number of aromatic amines is 1. The molecule has 1 saturated heterocycles. The van der Waals surface area contributed by atoms with E-state index in [0.717, 1.165) is 30.2 Å². The molecule has 14 heavy (non-hydrogen) atoms. The molecule has 1 fully saturated rings. The summed E-state index contributed by atoms with van der Waals surface area (Å²) in [5, 5.41) is 10.6. The first kappa shape index (κ1) is 9.86. The van der Waals surface area contributed by atoms with Crippen LogP contribution < -0.4 is 5.32 Å². The molecule has 2 N–H and O–H groups in total. The van der Waals surface area contributed by atoms with Gasteiger partial charge >= 0.3 is 0 Å². The highest BCUT2D eigenvalue weighted by molar-refractivity contribution is 7.71. The van der Waals surface area contributed by atoms with E-state index >= 15 is 0 Å². The van der Waals surface area contributed by atoms with Gasteiger partial charge in [-0.1, -0.05) is 0 Å². The van der Waals surface area contributed by atoms with Crippen LogP contribution in [0.5, 0.6) is 0 Å². The molecule has 2 rings (SSSR count). The highest BCUT2D eigenvalue weighted by Gasteiger charge is 2.20. The molecular weight excluding hydrogens is 196 g/mol. The van der Waals surface area contributed by atoms with Crippen molar-refractivity contribution in [1.29, 1.82) is 0 Å². The third-order valence-corrected chi connectivity index (χ3v) is 3.12. The van der Waals surface area contributed by atoms with Gasteiger partial charge in [0.1, 0.15) is 5.82 Å². The summed E-state index contributed by atoms with van der Waals surface area (Å²) < 4.78 is 2.85. The maximum Gasteiger partial charge on any atom is 0.195 e. The zero-order valence-corrected chi connectivity index (χ0v) is 9.23. The van der Waals surface area contributed by atoms with E-state index in [4.69, 9.17) is 12.2 Å². The fourth-order valence-corrected chi connectivity index (χ4v) is 2.30. The molecular formula is C9H16N4S. The van der Waals surface area contributed by atoms with Gasteiger partial charge in [0.05, 0.1) is 0 Å². The molecule has 1 aliphatic rings. The van der Waals surface area contributed by atoms with E-state index in [9.17, 15) is 0 Å². The SMILES string of the molecule is CCn1c(C2CCNCC2)n[nH]c1=S. The van der Waals surface area contributed by atoms with E-state index in [2.05, 4.69) is 27.0 Å². The van der Waals surface area contributed by atoms with Crippen LogP contribution in [0.3, 0.4) is 0 Å². The number of hydrogen-bond donors (Lipinski definition) is 2. The third-order valence-electron chi connectivity index (χ3n) is 2.81. The zero-order chi connectivity index (χ0) is 9.97. The number of nitrogens with one attached hydrogen (secondary N) is 2. The molecule has 1 aliphatic heterocycles. The Kier molecular flexibility index (Phi) is 2.98. The van der Waals surface area contributed by atoms with Crippen molar-refractivity contribution in [3.8, 4) is 0 Å². The van der Waals surface area contributed by atoms with Gasteiger partial charge in [-0.25, -0.2) is 0 Å².